The summed E-state index contributed by atoms with van der Waals surface area (Å²) in [4.78, 5) is 21.7. The van der Waals surface area contributed by atoms with E-state index in [-0.39, 0.29) is 29.9 Å². The highest BCUT2D eigenvalue weighted by Crippen LogP contribution is 2.36. The summed E-state index contributed by atoms with van der Waals surface area (Å²) in [5.41, 5.74) is 1.88. The van der Waals surface area contributed by atoms with E-state index < -0.39 is 9.84 Å². The summed E-state index contributed by atoms with van der Waals surface area (Å²) in [5, 5.41) is 2.90. The van der Waals surface area contributed by atoms with Crippen LogP contribution in [0.4, 0.5) is 0 Å². The van der Waals surface area contributed by atoms with Crippen LogP contribution < -0.4 is 0 Å². The highest BCUT2D eigenvalue weighted by Gasteiger charge is 2.34. The number of rotatable bonds is 6. The van der Waals surface area contributed by atoms with Gasteiger partial charge in [0, 0.05) is 23.0 Å². The van der Waals surface area contributed by atoms with Crippen molar-refractivity contribution >= 4 is 38.4 Å². The lowest BCUT2D eigenvalue weighted by atomic mass is 10.1. The molecule has 8 heteroatoms. The van der Waals surface area contributed by atoms with E-state index in [4.69, 9.17) is 4.98 Å². The number of carbonyl (C=O) groups excluding carboxylic acids is 1. The van der Waals surface area contributed by atoms with Gasteiger partial charge in [-0.3, -0.25) is 4.79 Å². The number of sulfone groups is 1. The molecule has 0 saturated carbocycles. The van der Waals surface area contributed by atoms with Crippen molar-refractivity contribution in [1.82, 2.24) is 9.88 Å². The largest absolute Gasteiger partial charge is 0.339 e. The van der Waals surface area contributed by atoms with Crippen molar-refractivity contribution in [2.75, 3.05) is 18.1 Å². The van der Waals surface area contributed by atoms with Crippen LogP contribution in [0.25, 0.3) is 21.1 Å². The van der Waals surface area contributed by atoms with Gasteiger partial charge in [-0.2, -0.15) is 0 Å². The van der Waals surface area contributed by atoms with E-state index >= 15 is 0 Å². The minimum absolute atomic E-state index is 0.0318. The van der Waals surface area contributed by atoms with Crippen LogP contribution in [-0.2, 0) is 21.1 Å². The molecule has 0 radical (unpaired) electrons. The summed E-state index contributed by atoms with van der Waals surface area (Å²) in [6.07, 6.45) is 0.764. The Morgan fingerprint density at radius 3 is 2.62 bits per heavy atom. The molecule has 3 heterocycles. The number of carbonyl (C=O) groups is 1. The normalized spacial score (nSPS) is 18.0. The third-order valence-corrected chi connectivity index (χ3v) is 8.83. The molecular formula is C21H22N2O3S3. The first-order valence-electron chi connectivity index (χ1n) is 9.55. The first-order chi connectivity index (χ1) is 14.0. The van der Waals surface area contributed by atoms with Gasteiger partial charge in [-0.15, -0.1) is 22.7 Å². The fourth-order valence-electron chi connectivity index (χ4n) is 3.68. The third kappa shape index (κ3) is 4.44. The predicted octanol–water partition coefficient (Wildman–Crippen LogP) is 4.12. The SMILES string of the molecule is CCN(C(=O)Cc1sc(-c2ccccc2)nc1-c1cccs1)[C@H]1CCS(=O)(=O)C1. The lowest BCUT2D eigenvalue weighted by molar-refractivity contribution is -0.132. The van der Waals surface area contributed by atoms with Crippen LogP contribution in [0.1, 0.15) is 18.2 Å². The van der Waals surface area contributed by atoms with Crippen molar-refractivity contribution < 1.29 is 13.2 Å². The molecule has 0 aliphatic carbocycles. The van der Waals surface area contributed by atoms with Crippen LogP contribution in [0.15, 0.2) is 47.8 Å². The second kappa shape index (κ2) is 8.38. The zero-order valence-electron chi connectivity index (χ0n) is 16.1. The summed E-state index contributed by atoms with van der Waals surface area (Å²) >= 11 is 3.14. The Morgan fingerprint density at radius 1 is 1.21 bits per heavy atom. The molecule has 0 spiro atoms. The van der Waals surface area contributed by atoms with Crippen molar-refractivity contribution in [3.8, 4) is 21.1 Å². The number of thiophene rings is 1. The topological polar surface area (TPSA) is 67.3 Å². The highest BCUT2D eigenvalue weighted by atomic mass is 32.2. The Labute approximate surface area is 179 Å². The summed E-state index contributed by atoms with van der Waals surface area (Å²) in [7, 11) is -3.03. The minimum Gasteiger partial charge on any atom is -0.339 e. The second-order valence-electron chi connectivity index (χ2n) is 7.05. The number of likely N-dealkylation sites (N-methyl/N-ethyl adjacent to an activating group) is 1. The monoisotopic (exact) mass is 446 g/mol. The summed E-state index contributed by atoms with van der Waals surface area (Å²) < 4.78 is 23.7. The molecule has 29 heavy (non-hydrogen) atoms. The molecule has 1 atom stereocenters. The molecule has 1 saturated heterocycles. The van der Waals surface area contributed by atoms with E-state index in [1.54, 1.807) is 16.2 Å². The van der Waals surface area contributed by atoms with Crippen LogP contribution in [0, 0.1) is 0 Å². The Kier molecular flexibility index (Phi) is 5.85. The number of hydrogen-bond acceptors (Lipinski definition) is 6. The van der Waals surface area contributed by atoms with Crippen LogP contribution in [0.3, 0.4) is 0 Å². The number of benzene rings is 1. The number of thiazole rings is 1. The molecule has 0 unspecified atom stereocenters. The molecule has 1 aliphatic heterocycles. The molecule has 152 valence electrons. The molecule has 3 aromatic rings. The Morgan fingerprint density at radius 2 is 2.00 bits per heavy atom. The maximum atomic E-state index is 13.1. The lowest BCUT2D eigenvalue weighted by Crippen LogP contribution is -2.41. The molecule has 1 aliphatic rings. The van der Waals surface area contributed by atoms with Crippen LogP contribution in [0.5, 0.6) is 0 Å². The lowest BCUT2D eigenvalue weighted by Gasteiger charge is -2.26. The summed E-state index contributed by atoms with van der Waals surface area (Å²) in [5.74, 6) is 0.207. The van der Waals surface area contributed by atoms with E-state index in [1.165, 1.54) is 11.3 Å². The van der Waals surface area contributed by atoms with Crippen molar-refractivity contribution in [2.45, 2.75) is 25.8 Å². The van der Waals surface area contributed by atoms with Gasteiger partial charge in [-0.25, -0.2) is 13.4 Å². The van der Waals surface area contributed by atoms with Gasteiger partial charge in [0.05, 0.1) is 28.5 Å². The highest BCUT2D eigenvalue weighted by molar-refractivity contribution is 7.91. The molecule has 1 fully saturated rings. The van der Waals surface area contributed by atoms with Gasteiger partial charge in [0.1, 0.15) is 5.01 Å². The van der Waals surface area contributed by atoms with Gasteiger partial charge < -0.3 is 4.90 Å². The van der Waals surface area contributed by atoms with Crippen LogP contribution in [-0.4, -0.2) is 48.3 Å². The van der Waals surface area contributed by atoms with Gasteiger partial charge in [0.2, 0.25) is 5.91 Å². The molecule has 5 nitrogen and oxygen atoms in total. The molecular weight excluding hydrogens is 424 g/mol. The van der Waals surface area contributed by atoms with E-state index in [0.717, 1.165) is 26.0 Å². The first kappa shape index (κ1) is 20.3. The average Bonchev–Trinajstić information content (AvgIpc) is 3.43. The van der Waals surface area contributed by atoms with E-state index in [2.05, 4.69) is 0 Å². The molecule has 0 bridgehead atoms. The summed E-state index contributed by atoms with van der Waals surface area (Å²) in [6, 6.07) is 13.7. The van der Waals surface area contributed by atoms with Crippen LogP contribution >= 0.6 is 22.7 Å². The minimum atomic E-state index is -3.03. The van der Waals surface area contributed by atoms with Gasteiger partial charge in [-0.1, -0.05) is 36.4 Å². The molecule has 1 amide bonds. The second-order valence-corrected chi connectivity index (χ2v) is 11.3. The molecule has 4 rings (SSSR count). The quantitative estimate of drug-likeness (QED) is 0.571. The van der Waals surface area contributed by atoms with Gasteiger partial charge in [-0.05, 0) is 24.8 Å². The van der Waals surface area contributed by atoms with Gasteiger partial charge in [0.25, 0.3) is 0 Å². The van der Waals surface area contributed by atoms with Crippen molar-refractivity contribution in [3.05, 3.63) is 52.7 Å². The van der Waals surface area contributed by atoms with Gasteiger partial charge >= 0.3 is 0 Å². The maximum Gasteiger partial charge on any atom is 0.228 e. The fraction of sp³-hybridized carbons (Fsp3) is 0.333. The van der Waals surface area contributed by atoms with Crippen molar-refractivity contribution in [2.24, 2.45) is 0 Å². The van der Waals surface area contributed by atoms with E-state index in [9.17, 15) is 13.2 Å². The number of hydrogen-bond donors (Lipinski definition) is 0. The maximum absolute atomic E-state index is 13.1. The predicted molar refractivity (Wildman–Crippen MR) is 119 cm³/mol. The number of nitrogens with zero attached hydrogens (tertiary/aromatic N) is 2. The zero-order valence-corrected chi connectivity index (χ0v) is 18.5. The summed E-state index contributed by atoms with van der Waals surface area (Å²) in [6.45, 7) is 2.42. The Hall–Kier alpha value is -2.03. The number of aromatic nitrogens is 1. The molecule has 2 aromatic heterocycles. The molecule has 1 aromatic carbocycles. The van der Waals surface area contributed by atoms with Crippen molar-refractivity contribution in [3.63, 3.8) is 0 Å². The Balaban J connectivity index is 1.63. The van der Waals surface area contributed by atoms with Gasteiger partial charge in [0.15, 0.2) is 9.84 Å². The average molecular weight is 447 g/mol. The fourth-order valence-corrected chi connectivity index (χ4v) is 7.29. The standard InChI is InChI=1S/C21H22N2O3S3/c1-2-23(16-10-12-29(25,26)14-16)19(24)13-18-20(17-9-6-11-27-17)22-21(28-18)15-7-4-3-5-8-15/h3-9,11,16H,2,10,12-14H2,1H3/t16-/m0/s1. The van der Waals surface area contributed by atoms with Crippen LogP contribution in [0.2, 0.25) is 0 Å². The first-order valence-corrected chi connectivity index (χ1v) is 13.1. The third-order valence-electron chi connectivity index (χ3n) is 5.09. The number of amides is 1. The van der Waals surface area contributed by atoms with E-state index in [1.807, 2.05) is 54.8 Å². The van der Waals surface area contributed by atoms with E-state index in [0.29, 0.717) is 13.0 Å². The zero-order chi connectivity index (χ0) is 20.4. The Bertz CT molecular complexity index is 1090. The van der Waals surface area contributed by atoms with Crippen molar-refractivity contribution in [1.29, 1.82) is 0 Å². The smallest absolute Gasteiger partial charge is 0.228 e. The molecule has 0 N–H and O–H groups in total.